The van der Waals surface area contributed by atoms with Gasteiger partial charge in [-0.1, -0.05) is 13.8 Å². The first-order valence-corrected chi connectivity index (χ1v) is 7.87. The van der Waals surface area contributed by atoms with Crippen LogP contribution in [0.25, 0.3) is 0 Å². The average molecular weight is 277 g/mol. The molecule has 0 saturated carbocycles. The quantitative estimate of drug-likeness (QED) is 0.839. The van der Waals surface area contributed by atoms with E-state index in [1.54, 1.807) is 0 Å². The molecular weight excluding hydrogens is 250 g/mol. The SMILES string of the molecule is CCNC(CC)c1ccc(N2CCCCC2CO)cn1. The number of hydrogen-bond acceptors (Lipinski definition) is 4. The highest BCUT2D eigenvalue weighted by atomic mass is 16.3. The molecule has 1 aliphatic rings. The number of rotatable bonds is 6. The number of nitrogens with one attached hydrogen (secondary N) is 1. The van der Waals surface area contributed by atoms with E-state index in [1.807, 2.05) is 6.20 Å². The van der Waals surface area contributed by atoms with Crippen LogP contribution >= 0.6 is 0 Å². The predicted octanol–water partition coefficient (Wildman–Crippen LogP) is 2.49. The van der Waals surface area contributed by atoms with E-state index >= 15 is 0 Å². The standard InChI is InChI=1S/C16H27N3O/c1-3-15(17-4-2)16-9-8-13(11-18-16)19-10-6-5-7-14(19)12-20/h8-9,11,14-15,17,20H,3-7,10,12H2,1-2H3. The number of hydrogen-bond donors (Lipinski definition) is 2. The lowest BCUT2D eigenvalue weighted by atomic mass is 10.0. The molecular formula is C16H27N3O. The lowest BCUT2D eigenvalue weighted by Crippen LogP contribution is -2.42. The number of pyridine rings is 1. The van der Waals surface area contributed by atoms with Gasteiger partial charge in [-0.2, -0.15) is 0 Å². The van der Waals surface area contributed by atoms with Gasteiger partial charge in [0.15, 0.2) is 0 Å². The predicted molar refractivity (Wildman–Crippen MR) is 83.0 cm³/mol. The van der Waals surface area contributed by atoms with Crippen molar-refractivity contribution in [2.75, 3.05) is 24.6 Å². The maximum Gasteiger partial charge on any atom is 0.0635 e. The largest absolute Gasteiger partial charge is 0.394 e. The van der Waals surface area contributed by atoms with E-state index in [0.29, 0.717) is 6.04 Å². The number of aliphatic hydroxyl groups excluding tert-OH is 1. The van der Waals surface area contributed by atoms with Gasteiger partial charge in [-0.3, -0.25) is 4.98 Å². The molecule has 2 rings (SSSR count). The summed E-state index contributed by atoms with van der Waals surface area (Å²) in [5, 5.41) is 13.0. The van der Waals surface area contributed by atoms with Crippen LogP contribution in [0.2, 0.25) is 0 Å². The Morgan fingerprint density at radius 2 is 2.25 bits per heavy atom. The van der Waals surface area contributed by atoms with E-state index in [4.69, 9.17) is 0 Å². The fourth-order valence-electron chi connectivity index (χ4n) is 3.01. The lowest BCUT2D eigenvalue weighted by Gasteiger charge is -2.36. The third-order valence-electron chi connectivity index (χ3n) is 4.16. The minimum absolute atomic E-state index is 0.233. The fraction of sp³-hybridized carbons (Fsp3) is 0.688. The summed E-state index contributed by atoms with van der Waals surface area (Å²) in [5.74, 6) is 0. The van der Waals surface area contributed by atoms with Crippen LogP contribution in [-0.2, 0) is 0 Å². The zero-order valence-corrected chi connectivity index (χ0v) is 12.7. The molecule has 0 aromatic carbocycles. The second-order valence-corrected chi connectivity index (χ2v) is 5.49. The highest BCUT2D eigenvalue weighted by Gasteiger charge is 2.22. The molecule has 1 saturated heterocycles. The van der Waals surface area contributed by atoms with E-state index < -0.39 is 0 Å². The minimum atomic E-state index is 0.233. The van der Waals surface area contributed by atoms with Crippen LogP contribution in [0.15, 0.2) is 18.3 Å². The van der Waals surface area contributed by atoms with Crippen molar-refractivity contribution in [3.8, 4) is 0 Å². The highest BCUT2D eigenvalue weighted by molar-refractivity contribution is 5.46. The molecule has 2 N–H and O–H groups in total. The third kappa shape index (κ3) is 3.49. The molecule has 2 heterocycles. The van der Waals surface area contributed by atoms with Gasteiger partial charge in [-0.05, 0) is 44.4 Å². The Morgan fingerprint density at radius 1 is 1.40 bits per heavy atom. The molecule has 4 heteroatoms. The Bertz CT molecular complexity index is 393. The molecule has 2 atom stereocenters. The van der Waals surface area contributed by atoms with Gasteiger partial charge in [0, 0.05) is 12.6 Å². The maximum atomic E-state index is 9.50. The van der Waals surface area contributed by atoms with Gasteiger partial charge >= 0.3 is 0 Å². The lowest BCUT2D eigenvalue weighted by molar-refractivity contribution is 0.240. The molecule has 1 aromatic rings. The molecule has 0 spiro atoms. The molecule has 0 bridgehead atoms. The minimum Gasteiger partial charge on any atom is -0.394 e. The molecule has 1 fully saturated rings. The number of aliphatic hydroxyl groups is 1. The normalized spacial score (nSPS) is 20.9. The van der Waals surface area contributed by atoms with Crippen LogP contribution in [-0.4, -0.2) is 35.8 Å². The Hall–Kier alpha value is -1.13. The van der Waals surface area contributed by atoms with Crippen LogP contribution in [0.4, 0.5) is 5.69 Å². The number of anilines is 1. The first-order chi connectivity index (χ1) is 9.80. The number of aromatic nitrogens is 1. The summed E-state index contributed by atoms with van der Waals surface area (Å²) in [6.45, 7) is 6.51. The monoisotopic (exact) mass is 277 g/mol. The van der Waals surface area contributed by atoms with Crippen molar-refractivity contribution in [1.29, 1.82) is 0 Å². The van der Waals surface area contributed by atoms with Crippen molar-refractivity contribution in [3.05, 3.63) is 24.0 Å². The number of piperidine rings is 1. The summed E-state index contributed by atoms with van der Waals surface area (Å²) < 4.78 is 0. The average Bonchev–Trinajstić information content (AvgIpc) is 2.53. The molecule has 0 amide bonds. The van der Waals surface area contributed by atoms with E-state index in [0.717, 1.165) is 37.3 Å². The van der Waals surface area contributed by atoms with Crippen molar-refractivity contribution >= 4 is 5.69 Å². The summed E-state index contributed by atoms with van der Waals surface area (Å²) >= 11 is 0. The van der Waals surface area contributed by atoms with Gasteiger partial charge in [0.1, 0.15) is 0 Å². The molecule has 1 aliphatic heterocycles. The molecule has 112 valence electrons. The zero-order valence-electron chi connectivity index (χ0n) is 12.7. The van der Waals surface area contributed by atoms with E-state index in [2.05, 4.69) is 41.2 Å². The molecule has 0 radical (unpaired) electrons. The van der Waals surface area contributed by atoms with Gasteiger partial charge in [-0.25, -0.2) is 0 Å². The Balaban J connectivity index is 2.10. The van der Waals surface area contributed by atoms with Crippen molar-refractivity contribution < 1.29 is 5.11 Å². The van der Waals surface area contributed by atoms with Crippen molar-refractivity contribution in [3.63, 3.8) is 0 Å². The Labute approximate surface area is 122 Å². The second-order valence-electron chi connectivity index (χ2n) is 5.49. The first kappa shape index (κ1) is 15.3. The van der Waals surface area contributed by atoms with Gasteiger partial charge in [0.05, 0.1) is 30.2 Å². The van der Waals surface area contributed by atoms with Crippen LogP contribution in [0.5, 0.6) is 0 Å². The summed E-state index contributed by atoms with van der Waals surface area (Å²) in [6.07, 6.45) is 6.50. The highest BCUT2D eigenvalue weighted by Crippen LogP contribution is 2.25. The van der Waals surface area contributed by atoms with Gasteiger partial charge < -0.3 is 15.3 Å². The summed E-state index contributed by atoms with van der Waals surface area (Å²) in [6, 6.07) is 4.86. The summed E-state index contributed by atoms with van der Waals surface area (Å²) in [5.41, 5.74) is 2.24. The van der Waals surface area contributed by atoms with Crippen molar-refractivity contribution in [2.45, 2.75) is 51.6 Å². The van der Waals surface area contributed by atoms with E-state index in [9.17, 15) is 5.11 Å². The van der Waals surface area contributed by atoms with Crippen molar-refractivity contribution in [1.82, 2.24) is 10.3 Å². The molecule has 0 aliphatic carbocycles. The Kier molecular flexibility index (Phi) is 5.80. The van der Waals surface area contributed by atoms with E-state index in [1.165, 1.54) is 12.8 Å². The second kappa shape index (κ2) is 7.60. The molecule has 4 nitrogen and oxygen atoms in total. The first-order valence-electron chi connectivity index (χ1n) is 7.87. The molecule has 1 aromatic heterocycles. The molecule has 2 unspecified atom stereocenters. The maximum absolute atomic E-state index is 9.50. The van der Waals surface area contributed by atoms with Crippen LogP contribution in [0.1, 0.15) is 51.3 Å². The van der Waals surface area contributed by atoms with E-state index in [-0.39, 0.29) is 12.6 Å². The van der Waals surface area contributed by atoms with Crippen molar-refractivity contribution in [2.24, 2.45) is 0 Å². The Morgan fingerprint density at radius 3 is 2.85 bits per heavy atom. The number of nitrogens with zero attached hydrogens (tertiary/aromatic N) is 2. The van der Waals surface area contributed by atoms with Gasteiger partial charge in [-0.15, -0.1) is 0 Å². The fourth-order valence-corrected chi connectivity index (χ4v) is 3.01. The van der Waals surface area contributed by atoms with Gasteiger partial charge in [0.2, 0.25) is 0 Å². The summed E-state index contributed by atoms with van der Waals surface area (Å²) in [7, 11) is 0. The van der Waals surface area contributed by atoms with Crippen LogP contribution < -0.4 is 10.2 Å². The summed E-state index contributed by atoms with van der Waals surface area (Å²) in [4.78, 5) is 6.93. The molecule has 20 heavy (non-hydrogen) atoms. The van der Waals surface area contributed by atoms with Crippen LogP contribution in [0.3, 0.4) is 0 Å². The smallest absolute Gasteiger partial charge is 0.0635 e. The zero-order chi connectivity index (χ0) is 14.4. The van der Waals surface area contributed by atoms with Crippen LogP contribution in [0, 0.1) is 0 Å². The topological polar surface area (TPSA) is 48.4 Å². The third-order valence-corrected chi connectivity index (χ3v) is 4.16. The van der Waals surface area contributed by atoms with Gasteiger partial charge in [0.25, 0.3) is 0 Å².